The van der Waals surface area contributed by atoms with Crippen molar-refractivity contribution in [2.45, 2.75) is 56.2 Å². The lowest BCUT2D eigenvalue weighted by Crippen LogP contribution is -2.51. The van der Waals surface area contributed by atoms with Gasteiger partial charge in [-0.2, -0.15) is 0 Å². The number of hydrogen-bond acceptors (Lipinski definition) is 3. The van der Waals surface area contributed by atoms with Crippen LogP contribution in [0, 0.1) is 11.8 Å². The van der Waals surface area contributed by atoms with Gasteiger partial charge in [-0.1, -0.05) is 39.0 Å². The Balaban J connectivity index is 2.32. The van der Waals surface area contributed by atoms with Gasteiger partial charge in [0.05, 0.1) is 10.1 Å². The van der Waals surface area contributed by atoms with Gasteiger partial charge in [-0.3, -0.25) is 0 Å². The molecule has 1 N–H and O–H groups in total. The molecule has 1 saturated carbocycles. The van der Waals surface area contributed by atoms with E-state index in [1.807, 2.05) is 6.07 Å². The first kappa shape index (κ1) is 16.5. The van der Waals surface area contributed by atoms with E-state index in [2.05, 4.69) is 26.1 Å². The molecule has 0 bridgehead atoms. The summed E-state index contributed by atoms with van der Waals surface area (Å²) in [7, 11) is -3.28. The Labute approximate surface area is 129 Å². The second-order valence-corrected chi connectivity index (χ2v) is 8.54. The SMILES string of the molecule is CCCNC1CC(C)CC(C)C1S(=O)(=O)c1ccccc1. The highest BCUT2D eigenvalue weighted by Gasteiger charge is 2.42. The number of benzene rings is 1. The Morgan fingerprint density at radius 1 is 1.14 bits per heavy atom. The third kappa shape index (κ3) is 3.67. The van der Waals surface area contributed by atoms with Gasteiger partial charge in [-0.05, 0) is 49.8 Å². The zero-order chi connectivity index (χ0) is 15.5. The highest BCUT2D eigenvalue weighted by molar-refractivity contribution is 7.92. The maximum atomic E-state index is 13.0. The number of nitrogens with one attached hydrogen (secondary N) is 1. The largest absolute Gasteiger partial charge is 0.313 e. The Bertz CT molecular complexity index is 541. The van der Waals surface area contributed by atoms with Gasteiger partial charge in [-0.15, -0.1) is 0 Å². The van der Waals surface area contributed by atoms with E-state index in [1.54, 1.807) is 24.3 Å². The first-order valence-corrected chi connectivity index (χ1v) is 9.53. The molecule has 0 saturated heterocycles. The highest BCUT2D eigenvalue weighted by Crippen LogP contribution is 2.36. The molecule has 21 heavy (non-hydrogen) atoms. The van der Waals surface area contributed by atoms with Gasteiger partial charge in [-0.25, -0.2) is 8.42 Å². The van der Waals surface area contributed by atoms with E-state index in [0.29, 0.717) is 10.8 Å². The molecule has 3 nitrogen and oxygen atoms in total. The van der Waals surface area contributed by atoms with E-state index in [1.165, 1.54) is 0 Å². The third-order valence-electron chi connectivity index (χ3n) is 4.47. The first-order chi connectivity index (χ1) is 9.96. The Hall–Kier alpha value is -0.870. The molecule has 2 rings (SSSR count). The molecule has 4 unspecified atom stereocenters. The lowest BCUT2D eigenvalue weighted by Gasteiger charge is -2.39. The summed E-state index contributed by atoms with van der Waals surface area (Å²) >= 11 is 0. The summed E-state index contributed by atoms with van der Waals surface area (Å²) in [6, 6.07) is 8.97. The van der Waals surface area contributed by atoms with E-state index in [4.69, 9.17) is 0 Å². The summed E-state index contributed by atoms with van der Waals surface area (Å²) < 4.78 is 26.1. The molecule has 1 aromatic rings. The zero-order valence-corrected chi connectivity index (χ0v) is 14.1. The third-order valence-corrected chi connectivity index (χ3v) is 6.91. The van der Waals surface area contributed by atoms with Crippen molar-refractivity contribution >= 4 is 9.84 Å². The number of sulfone groups is 1. The predicted molar refractivity (Wildman–Crippen MR) is 87.1 cm³/mol. The molecule has 1 aliphatic rings. The van der Waals surface area contributed by atoms with Crippen LogP contribution < -0.4 is 5.32 Å². The van der Waals surface area contributed by atoms with Crippen LogP contribution in [0.3, 0.4) is 0 Å². The van der Waals surface area contributed by atoms with Gasteiger partial charge >= 0.3 is 0 Å². The fraction of sp³-hybridized carbons (Fsp3) is 0.647. The van der Waals surface area contributed by atoms with Crippen molar-refractivity contribution in [1.82, 2.24) is 5.32 Å². The van der Waals surface area contributed by atoms with Gasteiger partial charge in [0.15, 0.2) is 9.84 Å². The van der Waals surface area contributed by atoms with Crippen LogP contribution in [0.25, 0.3) is 0 Å². The zero-order valence-electron chi connectivity index (χ0n) is 13.2. The van der Waals surface area contributed by atoms with Crippen LogP contribution >= 0.6 is 0 Å². The molecule has 0 aliphatic heterocycles. The average Bonchev–Trinajstić information content (AvgIpc) is 2.45. The van der Waals surface area contributed by atoms with Crippen LogP contribution in [0.2, 0.25) is 0 Å². The van der Waals surface area contributed by atoms with Crippen molar-refractivity contribution in [2.75, 3.05) is 6.54 Å². The van der Waals surface area contributed by atoms with Gasteiger partial charge < -0.3 is 5.32 Å². The van der Waals surface area contributed by atoms with Crippen LogP contribution in [0.5, 0.6) is 0 Å². The van der Waals surface area contributed by atoms with Crippen molar-refractivity contribution < 1.29 is 8.42 Å². The monoisotopic (exact) mass is 309 g/mol. The molecule has 0 aromatic heterocycles. The molecule has 0 spiro atoms. The predicted octanol–water partition coefficient (Wildman–Crippen LogP) is 3.26. The standard InChI is InChI=1S/C17H27NO2S/c1-4-10-18-16-12-13(2)11-14(3)17(16)21(19,20)15-8-6-5-7-9-15/h5-9,13-14,16-18H,4,10-12H2,1-3H3. The van der Waals surface area contributed by atoms with Crippen LogP contribution in [0.1, 0.15) is 40.0 Å². The van der Waals surface area contributed by atoms with E-state index in [0.717, 1.165) is 25.8 Å². The number of hydrogen-bond donors (Lipinski definition) is 1. The second-order valence-electron chi connectivity index (χ2n) is 6.44. The van der Waals surface area contributed by atoms with Crippen LogP contribution in [-0.2, 0) is 9.84 Å². The molecule has 0 amide bonds. The van der Waals surface area contributed by atoms with Crippen molar-refractivity contribution in [2.24, 2.45) is 11.8 Å². The van der Waals surface area contributed by atoms with Gasteiger partial charge in [0, 0.05) is 6.04 Å². The van der Waals surface area contributed by atoms with Crippen molar-refractivity contribution in [3.63, 3.8) is 0 Å². The summed E-state index contributed by atoms with van der Waals surface area (Å²) in [6.07, 6.45) is 2.96. The van der Waals surface area contributed by atoms with E-state index >= 15 is 0 Å². The summed E-state index contributed by atoms with van der Waals surface area (Å²) in [4.78, 5) is 0.458. The average molecular weight is 309 g/mol. The van der Waals surface area contributed by atoms with Crippen molar-refractivity contribution in [3.8, 4) is 0 Å². The lowest BCUT2D eigenvalue weighted by atomic mass is 9.80. The maximum Gasteiger partial charge on any atom is 0.183 e. The molecule has 1 fully saturated rings. The smallest absolute Gasteiger partial charge is 0.183 e. The molecule has 1 aromatic carbocycles. The summed E-state index contributed by atoms with van der Waals surface area (Å²) in [5.41, 5.74) is 0. The minimum absolute atomic E-state index is 0.0638. The van der Waals surface area contributed by atoms with Gasteiger partial charge in [0.2, 0.25) is 0 Å². The lowest BCUT2D eigenvalue weighted by molar-refractivity contribution is 0.242. The van der Waals surface area contributed by atoms with Crippen LogP contribution in [0.15, 0.2) is 35.2 Å². The molecule has 0 heterocycles. The van der Waals surface area contributed by atoms with Crippen LogP contribution in [-0.4, -0.2) is 26.3 Å². The normalized spacial score (nSPS) is 30.2. The van der Waals surface area contributed by atoms with Gasteiger partial charge in [0.25, 0.3) is 0 Å². The van der Waals surface area contributed by atoms with Crippen molar-refractivity contribution in [1.29, 1.82) is 0 Å². The molecule has 0 radical (unpaired) electrons. The minimum Gasteiger partial charge on any atom is -0.313 e. The number of rotatable bonds is 5. The van der Waals surface area contributed by atoms with Gasteiger partial charge in [0.1, 0.15) is 0 Å². The molecular formula is C17H27NO2S. The van der Waals surface area contributed by atoms with Crippen molar-refractivity contribution in [3.05, 3.63) is 30.3 Å². The topological polar surface area (TPSA) is 46.2 Å². The first-order valence-electron chi connectivity index (χ1n) is 7.99. The van der Waals surface area contributed by atoms with Crippen LogP contribution in [0.4, 0.5) is 0 Å². The quantitative estimate of drug-likeness (QED) is 0.908. The Morgan fingerprint density at radius 3 is 2.43 bits per heavy atom. The Kier molecular flexibility index (Phi) is 5.44. The molecule has 4 atom stereocenters. The molecule has 1 aliphatic carbocycles. The Morgan fingerprint density at radius 2 is 1.81 bits per heavy atom. The molecule has 4 heteroatoms. The van der Waals surface area contributed by atoms with E-state index < -0.39 is 9.84 Å². The highest BCUT2D eigenvalue weighted by atomic mass is 32.2. The van der Waals surface area contributed by atoms with E-state index in [-0.39, 0.29) is 17.2 Å². The molecular weight excluding hydrogens is 282 g/mol. The summed E-state index contributed by atoms with van der Waals surface area (Å²) in [6.45, 7) is 7.30. The van der Waals surface area contributed by atoms with E-state index in [9.17, 15) is 8.42 Å². The summed E-state index contributed by atoms with van der Waals surface area (Å²) in [5.74, 6) is 0.768. The maximum absolute atomic E-state index is 13.0. The minimum atomic E-state index is -3.28. The fourth-order valence-electron chi connectivity index (χ4n) is 3.65. The second kappa shape index (κ2) is 6.93. The summed E-state index contributed by atoms with van der Waals surface area (Å²) in [5, 5.41) is 3.16. The fourth-order valence-corrected chi connectivity index (χ4v) is 5.86. The molecule has 118 valence electrons.